The van der Waals surface area contributed by atoms with Crippen LogP contribution in [0.3, 0.4) is 0 Å². The van der Waals surface area contributed by atoms with Crippen molar-refractivity contribution in [3.63, 3.8) is 0 Å². The van der Waals surface area contributed by atoms with Crippen molar-refractivity contribution in [2.24, 2.45) is 4.40 Å². The molecule has 2 rings (SSSR count). The van der Waals surface area contributed by atoms with Crippen molar-refractivity contribution in [2.45, 2.75) is 24.7 Å². The predicted molar refractivity (Wildman–Crippen MR) is 77.1 cm³/mol. The van der Waals surface area contributed by atoms with Gasteiger partial charge in [0.1, 0.15) is 5.84 Å². The highest BCUT2D eigenvalue weighted by Gasteiger charge is 2.21. The van der Waals surface area contributed by atoms with Crippen LogP contribution < -0.4 is 5.32 Å². The molecule has 0 aromatic heterocycles. The molecule has 1 aliphatic rings. The minimum absolute atomic E-state index is 0.238. The normalized spacial score (nSPS) is 18.0. The maximum Gasteiger partial charge on any atom is 0.283 e. The van der Waals surface area contributed by atoms with Gasteiger partial charge in [-0.05, 0) is 37.6 Å². The molecule has 0 unspecified atom stereocenters. The molecule has 0 radical (unpaired) electrons. The zero-order valence-electron chi connectivity index (χ0n) is 11.3. The number of rotatable bonds is 4. The third-order valence-electron chi connectivity index (χ3n) is 3.24. The highest BCUT2D eigenvalue weighted by molar-refractivity contribution is 7.90. The summed E-state index contributed by atoms with van der Waals surface area (Å²) in [6.07, 6.45) is 1.71. The van der Waals surface area contributed by atoms with Gasteiger partial charge in [0.15, 0.2) is 0 Å². The Morgan fingerprint density at radius 2 is 2.00 bits per heavy atom. The topological polar surface area (TPSA) is 61.8 Å². The molecule has 0 saturated carbocycles. The average molecular weight is 281 g/mol. The van der Waals surface area contributed by atoms with Crippen LogP contribution in [0.1, 0.15) is 19.8 Å². The van der Waals surface area contributed by atoms with Crippen LogP contribution in [0.4, 0.5) is 5.69 Å². The minimum Gasteiger partial charge on any atom is -0.388 e. The summed E-state index contributed by atoms with van der Waals surface area (Å²) in [5, 5.41) is 2.96. The largest absolute Gasteiger partial charge is 0.388 e. The Bertz CT molecular complexity index is 564. The molecular weight excluding hydrogens is 262 g/mol. The second kappa shape index (κ2) is 5.61. The van der Waals surface area contributed by atoms with Crippen LogP contribution in [0, 0.1) is 0 Å². The zero-order chi connectivity index (χ0) is 13.9. The van der Waals surface area contributed by atoms with Crippen LogP contribution in [-0.2, 0) is 10.0 Å². The highest BCUT2D eigenvalue weighted by atomic mass is 32.2. The first-order chi connectivity index (χ1) is 9.06. The van der Waals surface area contributed by atoms with Gasteiger partial charge in [0.2, 0.25) is 0 Å². The van der Waals surface area contributed by atoms with E-state index in [1.807, 2.05) is 11.8 Å². The van der Waals surface area contributed by atoms with E-state index in [1.165, 1.54) is 0 Å². The summed E-state index contributed by atoms with van der Waals surface area (Å²) in [7, 11) is -1.80. The number of nitrogens with one attached hydrogen (secondary N) is 1. The quantitative estimate of drug-likeness (QED) is 0.916. The first-order valence-corrected chi connectivity index (χ1v) is 7.87. The number of anilines is 1. The molecule has 1 aromatic carbocycles. The fourth-order valence-corrected chi connectivity index (χ4v) is 3.21. The van der Waals surface area contributed by atoms with E-state index in [4.69, 9.17) is 0 Å². The molecule has 1 aromatic rings. The Morgan fingerprint density at radius 3 is 2.58 bits per heavy atom. The number of hydrogen-bond acceptors (Lipinski definition) is 3. The van der Waals surface area contributed by atoms with E-state index in [0.717, 1.165) is 31.6 Å². The van der Waals surface area contributed by atoms with Gasteiger partial charge in [-0.15, -0.1) is 4.40 Å². The third-order valence-corrected chi connectivity index (χ3v) is 4.56. The summed E-state index contributed by atoms with van der Waals surface area (Å²) < 4.78 is 28.4. The summed E-state index contributed by atoms with van der Waals surface area (Å²) in [5.41, 5.74) is 0.877. The van der Waals surface area contributed by atoms with Crippen molar-refractivity contribution in [3.8, 4) is 0 Å². The lowest BCUT2D eigenvalue weighted by Crippen LogP contribution is -2.25. The van der Waals surface area contributed by atoms with Gasteiger partial charge in [-0.1, -0.05) is 0 Å². The first kappa shape index (κ1) is 13.9. The van der Waals surface area contributed by atoms with Crippen LogP contribution in [-0.4, -0.2) is 39.3 Å². The Labute approximate surface area is 114 Å². The van der Waals surface area contributed by atoms with Gasteiger partial charge in [0.05, 0.1) is 4.90 Å². The molecule has 1 saturated heterocycles. The molecule has 0 atom stereocenters. The van der Waals surface area contributed by atoms with Gasteiger partial charge in [-0.3, -0.25) is 0 Å². The van der Waals surface area contributed by atoms with Crippen molar-refractivity contribution in [2.75, 3.05) is 25.5 Å². The number of benzene rings is 1. The lowest BCUT2D eigenvalue weighted by molar-refractivity contribution is 0.479. The van der Waals surface area contributed by atoms with E-state index in [0.29, 0.717) is 5.84 Å². The molecule has 6 heteroatoms. The molecule has 104 valence electrons. The number of hydrogen-bond donors (Lipinski definition) is 1. The summed E-state index contributed by atoms with van der Waals surface area (Å²) in [5.74, 6) is 0.681. The molecule has 1 fully saturated rings. The lowest BCUT2D eigenvalue weighted by atomic mass is 10.3. The SMILES string of the molecule is CCN1CCC/C1=N\S(=O)(=O)c1ccc(NC)cc1. The molecule has 5 nitrogen and oxygen atoms in total. The second-order valence-corrected chi connectivity index (χ2v) is 6.04. The standard InChI is InChI=1S/C13H19N3O2S/c1-3-16-10-4-5-13(16)15-19(17,18)12-8-6-11(14-2)7-9-12/h6-9,14H,3-5,10H2,1-2H3/b15-13+. The Balaban J connectivity index is 2.29. The van der Waals surface area contributed by atoms with Crippen molar-refractivity contribution in [1.82, 2.24) is 4.90 Å². The average Bonchev–Trinajstić information content (AvgIpc) is 2.85. The monoisotopic (exact) mass is 281 g/mol. The van der Waals surface area contributed by atoms with Crippen LogP contribution in [0.15, 0.2) is 33.6 Å². The highest BCUT2D eigenvalue weighted by Crippen LogP contribution is 2.19. The van der Waals surface area contributed by atoms with Gasteiger partial charge in [-0.2, -0.15) is 8.42 Å². The molecule has 0 aliphatic carbocycles. The molecule has 0 bridgehead atoms. The van der Waals surface area contributed by atoms with E-state index < -0.39 is 10.0 Å². The molecular formula is C13H19N3O2S. The van der Waals surface area contributed by atoms with Gasteiger partial charge in [0.25, 0.3) is 10.0 Å². The number of likely N-dealkylation sites (tertiary alicyclic amines) is 1. The van der Waals surface area contributed by atoms with Crippen LogP contribution in [0.2, 0.25) is 0 Å². The molecule has 0 spiro atoms. The van der Waals surface area contributed by atoms with Gasteiger partial charge < -0.3 is 10.2 Å². The minimum atomic E-state index is -3.59. The summed E-state index contributed by atoms with van der Waals surface area (Å²) in [4.78, 5) is 2.25. The Hall–Kier alpha value is -1.56. The Kier molecular flexibility index (Phi) is 4.09. The van der Waals surface area contributed by atoms with Crippen molar-refractivity contribution >= 4 is 21.5 Å². The molecule has 1 N–H and O–H groups in total. The van der Waals surface area contributed by atoms with E-state index in [9.17, 15) is 8.42 Å². The van der Waals surface area contributed by atoms with Gasteiger partial charge in [0, 0.05) is 32.2 Å². The number of amidine groups is 1. The van der Waals surface area contributed by atoms with E-state index in [1.54, 1.807) is 31.3 Å². The van der Waals surface area contributed by atoms with Crippen molar-refractivity contribution in [3.05, 3.63) is 24.3 Å². The second-order valence-electron chi connectivity index (χ2n) is 4.44. The van der Waals surface area contributed by atoms with Crippen LogP contribution >= 0.6 is 0 Å². The fourth-order valence-electron chi connectivity index (χ4n) is 2.14. The van der Waals surface area contributed by atoms with Crippen LogP contribution in [0.25, 0.3) is 0 Å². The summed E-state index contributed by atoms with van der Waals surface area (Å²) in [6, 6.07) is 6.63. The Morgan fingerprint density at radius 1 is 1.32 bits per heavy atom. The van der Waals surface area contributed by atoms with Crippen molar-refractivity contribution in [1.29, 1.82) is 0 Å². The number of sulfonamides is 1. The maximum atomic E-state index is 12.2. The van der Waals surface area contributed by atoms with Gasteiger partial charge >= 0.3 is 0 Å². The first-order valence-electron chi connectivity index (χ1n) is 6.43. The number of nitrogens with zero attached hydrogens (tertiary/aromatic N) is 2. The van der Waals surface area contributed by atoms with E-state index in [2.05, 4.69) is 9.71 Å². The fraction of sp³-hybridized carbons (Fsp3) is 0.462. The van der Waals surface area contributed by atoms with E-state index >= 15 is 0 Å². The third kappa shape index (κ3) is 3.07. The maximum absolute atomic E-state index is 12.2. The zero-order valence-corrected chi connectivity index (χ0v) is 12.1. The molecule has 1 aliphatic heterocycles. The van der Waals surface area contributed by atoms with Crippen LogP contribution in [0.5, 0.6) is 0 Å². The molecule has 0 amide bonds. The van der Waals surface area contributed by atoms with Gasteiger partial charge in [-0.25, -0.2) is 0 Å². The lowest BCUT2D eigenvalue weighted by Gasteiger charge is -2.15. The van der Waals surface area contributed by atoms with Crippen molar-refractivity contribution < 1.29 is 8.42 Å². The smallest absolute Gasteiger partial charge is 0.283 e. The summed E-state index contributed by atoms with van der Waals surface area (Å²) >= 11 is 0. The molecule has 19 heavy (non-hydrogen) atoms. The summed E-state index contributed by atoms with van der Waals surface area (Å²) in [6.45, 7) is 3.70. The predicted octanol–water partition coefficient (Wildman–Crippen LogP) is 1.93. The molecule has 1 heterocycles. The van der Waals surface area contributed by atoms with E-state index in [-0.39, 0.29) is 4.90 Å².